The zero-order valence-corrected chi connectivity index (χ0v) is 12.0. The fraction of sp³-hybridized carbons (Fsp3) is 0.176. The van der Waals surface area contributed by atoms with Gasteiger partial charge >= 0.3 is 5.97 Å². The van der Waals surface area contributed by atoms with Crippen molar-refractivity contribution in [3.8, 4) is 5.75 Å². The molecular formula is C17H16O4. The second-order valence-electron chi connectivity index (χ2n) is 4.58. The van der Waals surface area contributed by atoms with Gasteiger partial charge in [-0.3, -0.25) is 4.79 Å². The molecule has 0 saturated carbocycles. The second-order valence-corrected chi connectivity index (χ2v) is 4.58. The highest BCUT2D eigenvalue weighted by molar-refractivity contribution is 5.89. The number of carbonyl (C=O) groups excluding carboxylic acids is 2. The molecule has 2 aromatic rings. The molecule has 108 valence electrons. The summed E-state index contributed by atoms with van der Waals surface area (Å²) in [5.41, 5.74) is 2.83. The van der Waals surface area contributed by atoms with Crippen molar-refractivity contribution in [2.75, 3.05) is 7.11 Å². The summed E-state index contributed by atoms with van der Waals surface area (Å²) in [5.74, 6) is 0.187. The lowest BCUT2D eigenvalue weighted by Crippen LogP contribution is -2.02. The number of aryl methyl sites for hydroxylation is 1. The minimum atomic E-state index is -0.371. The molecule has 0 aliphatic rings. The van der Waals surface area contributed by atoms with E-state index in [4.69, 9.17) is 4.74 Å². The van der Waals surface area contributed by atoms with Crippen molar-refractivity contribution in [2.45, 2.75) is 13.5 Å². The molecular weight excluding hydrogens is 268 g/mol. The van der Waals surface area contributed by atoms with Crippen LogP contribution in [-0.2, 0) is 11.3 Å². The lowest BCUT2D eigenvalue weighted by Gasteiger charge is -2.10. The average Bonchev–Trinajstić information content (AvgIpc) is 2.52. The van der Waals surface area contributed by atoms with Gasteiger partial charge in [-0.15, -0.1) is 0 Å². The molecule has 0 spiro atoms. The van der Waals surface area contributed by atoms with Gasteiger partial charge in [-0.05, 0) is 36.2 Å². The van der Waals surface area contributed by atoms with E-state index in [1.165, 1.54) is 7.11 Å². The number of hydrogen-bond donors (Lipinski definition) is 0. The summed E-state index contributed by atoms with van der Waals surface area (Å²) < 4.78 is 10.3. The third-order valence-electron chi connectivity index (χ3n) is 3.17. The third-order valence-corrected chi connectivity index (χ3v) is 3.17. The molecule has 21 heavy (non-hydrogen) atoms. The van der Waals surface area contributed by atoms with E-state index < -0.39 is 0 Å². The molecule has 0 N–H and O–H groups in total. The SMILES string of the molecule is COC(=O)c1ccc(COc2cccc(C)c2C=O)cc1. The zero-order chi connectivity index (χ0) is 15.2. The molecule has 0 saturated heterocycles. The van der Waals surface area contributed by atoms with E-state index >= 15 is 0 Å². The van der Waals surface area contributed by atoms with Crippen LogP contribution in [0.25, 0.3) is 0 Å². The van der Waals surface area contributed by atoms with E-state index in [0.717, 1.165) is 17.4 Å². The van der Waals surface area contributed by atoms with E-state index in [0.29, 0.717) is 23.5 Å². The van der Waals surface area contributed by atoms with Crippen molar-refractivity contribution in [1.29, 1.82) is 0 Å². The molecule has 0 aliphatic heterocycles. The lowest BCUT2D eigenvalue weighted by molar-refractivity contribution is 0.0600. The number of methoxy groups -OCH3 is 1. The molecule has 4 heteroatoms. The van der Waals surface area contributed by atoms with Gasteiger partial charge < -0.3 is 9.47 Å². The molecule has 0 aromatic heterocycles. The Kier molecular flexibility index (Phi) is 4.72. The molecule has 0 fully saturated rings. The summed E-state index contributed by atoms with van der Waals surface area (Å²) in [6.45, 7) is 2.19. The number of hydrogen-bond acceptors (Lipinski definition) is 4. The maximum Gasteiger partial charge on any atom is 0.337 e. The number of carbonyl (C=O) groups is 2. The summed E-state index contributed by atoms with van der Waals surface area (Å²) in [6.07, 6.45) is 0.797. The van der Waals surface area contributed by atoms with Crippen LogP contribution in [0.3, 0.4) is 0 Å². The average molecular weight is 284 g/mol. The lowest BCUT2D eigenvalue weighted by atomic mass is 10.1. The number of esters is 1. The van der Waals surface area contributed by atoms with E-state index in [1.807, 2.05) is 19.1 Å². The molecule has 0 radical (unpaired) electrons. The Balaban J connectivity index is 2.08. The summed E-state index contributed by atoms with van der Waals surface area (Å²) in [6, 6.07) is 12.4. The van der Waals surface area contributed by atoms with E-state index in [-0.39, 0.29) is 5.97 Å². The summed E-state index contributed by atoms with van der Waals surface area (Å²) in [7, 11) is 1.35. The van der Waals surface area contributed by atoms with Crippen molar-refractivity contribution < 1.29 is 19.1 Å². The fourth-order valence-corrected chi connectivity index (χ4v) is 1.95. The molecule has 2 aromatic carbocycles. The van der Waals surface area contributed by atoms with Crippen LogP contribution in [0.5, 0.6) is 5.75 Å². The van der Waals surface area contributed by atoms with E-state index in [9.17, 15) is 9.59 Å². The highest BCUT2D eigenvalue weighted by Gasteiger charge is 2.07. The minimum Gasteiger partial charge on any atom is -0.488 e. The van der Waals surface area contributed by atoms with E-state index in [2.05, 4.69) is 4.74 Å². The van der Waals surface area contributed by atoms with E-state index in [1.54, 1.807) is 30.3 Å². The molecule has 2 rings (SSSR count). The van der Waals surface area contributed by atoms with Crippen LogP contribution in [0.15, 0.2) is 42.5 Å². The molecule has 4 nitrogen and oxygen atoms in total. The molecule has 0 amide bonds. The summed E-state index contributed by atoms with van der Waals surface area (Å²) >= 11 is 0. The number of ether oxygens (including phenoxy) is 2. The monoisotopic (exact) mass is 284 g/mol. The fourth-order valence-electron chi connectivity index (χ4n) is 1.95. The first kappa shape index (κ1) is 14.8. The van der Waals surface area contributed by atoms with Crippen molar-refractivity contribution >= 4 is 12.3 Å². The van der Waals surface area contributed by atoms with Gasteiger partial charge in [-0.25, -0.2) is 4.79 Å². The Morgan fingerprint density at radius 3 is 2.48 bits per heavy atom. The van der Waals surface area contributed by atoms with Crippen LogP contribution < -0.4 is 4.74 Å². The predicted octanol–water partition coefficient (Wildman–Crippen LogP) is 3.17. The third kappa shape index (κ3) is 3.48. The highest BCUT2D eigenvalue weighted by atomic mass is 16.5. The number of benzene rings is 2. The van der Waals surface area contributed by atoms with Gasteiger partial charge in [-0.2, -0.15) is 0 Å². The maximum absolute atomic E-state index is 11.3. The molecule has 0 aliphatic carbocycles. The normalized spacial score (nSPS) is 10.0. The van der Waals surface area contributed by atoms with Gasteiger partial charge in [-0.1, -0.05) is 24.3 Å². The Hall–Kier alpha value is -2.62. The second kappa shape index (κ2) is 6.70. The van der Waals surface area contributed by atoms with Gasteiger partial charge in [0.25, 0.3) is 0 Å². The van der Waals surface area contributed by atoms with Crippen molar-refractivity contribution in [3.63, 3.8) is 0 Å². The van der Waals surface area contributed by atoms with Gasteiger partial charge in [0.15, 0.2) is 6.29 Å². The van der Waals surface area contributed by atoms with Crippen LogP contribution >= 0.6 is 0 Å². The van der Waals surface area contributed by atoms with Crippen molar-refractivity contribution in [2.24, 2.45) is 0 Å². The van der Waals surface area contributed by atoms with Crippen LogP contribution in [0.4, 0.5) is 0 Å². The highest BCUT2D eigenvalue weighted by Crippen LogP contribution is 2.21. The van der Waals surface area contributed by atoms with Gasteiger partial charge in [0.1, 0.15) is 12.4 Å². The first-order valence-electron chi connectivity index (χ1n) is 6.50. The molecule has 0 heterocycles. The Morgan fingerprint density at radius 2 is 1.86 bits per heavy atom. The summed E-state index contributed by atoms with van der Waals surface area (Å²) in [4.78, 5) is 22.4. The van der Waals surface area contributed by atoms with Crippen LogP contribution in [0.2, 0.25) is 0 Å². The predicted molar refractivity (Wildman–Crippen MR) is 78.7 cm³/mol. The largest absolute Gasteiger partial charge is 0.488 e. The van der Waals surface area contributed by atoms with Crippen molar-refractivity contribution in [3.05, 3.63) is 64.7 Å². The Labute approximate surface area is 123 Å². The number of rotatable bonds is 5. The van der Waals surface area contributed by atoms with Crippen LogP contribution in [0.1, 0.15) is 31.8 Å². The minimum absolute atomic E-state index is 0.325. The van der Waals surface area contributed by atoms with Gasteiger partial charge in [0.2, 0.25) is 0 Å². The molecule has 0 atom stereocenters. The maximum atomic E-state index is 11.3. The van der Waals surface area contributed by atoms with Crippen molar-refractivity contribution in [1.82, 2.24) is 0 Å². The van der Waals surface area contributed by atoms with Crippen LogP contribution in [-0.4, -0.2) is 19.4 Å². The quantitative estimate of drug-likeness (QED) is 0.625. The van der Waals surface area contributed by atoms with Gasteiger partial charge in [0.05, 0.1) is 18.2 Å². The molecule has 0 unspecified atom stereocenters. The smallest absolute Gasteiger partial charge is 0.337 e. The Morgan fingerprint density at radius 1 is 1.14 bits per heavy atom. The standard InChI is InChI=1S/C17H16O4/c1-12-4-3-5-16(15(12)10-18)21-11-13-6-8-14(9-7-13)17(19)20-2/h3-10H,11H2,1-2H3. The first-order valence-corrected chi connectivity index (χ1v) is 6.50. The van der Waals surface area contributed by atoms with Crippen LogP contribution in [0, 0.1) is 6.92 Å². The molecule has 0 bridgehead atoms. The topological polar surface area (TPSA) is 52.6 Å². The zero-order valence-electron chi connectivity index (χ0n) is 12.0. The van der Waals surface area contributed by atoms with Gasteiger partial charge in [0, 0.05) is 0 Å². The first-order chi connectivity index (χ1) is 10.2. The summed E-state index contributed by atoms with van der Waals surface area (Å²) in [5, 5.41) is 0. The number of aldehydes is 1. The Bertz CT molecular complexity index is 644.